The number of nitrogens with zero attached hydrogens (tertiary/aromatic N) is 1. The van der Waals surface area contributed by atoms with Crippen molar-refractivity contribution in [3.8, 4) is 0 Å². The summed E-state index contributed by atoms with van der Waals surface area (Å²) in [5.74, 6) is -0.374. The van der Waals surface area contributed by atoms with E-state index in [0.717, 1.165) is 0 Å². The fraction of sp³-hybridized carbons (Fsp3) is 0.500. The van der Waals surface area contributed by atoms with E-state index in [1.807, 2.05) is 13.8 Å². The average Bonchev–Trinajstić information content (AvgIpc) is 2.51. The third kappa shape index (κ3) is 8.72. The summed E-state index contributed by atoms with van der Waals surface area (Å²) in [6.07, 6.45) is -0.558. The molecule has 134 valence electrons. The first-order chi connectivity index (χ1) is 11.2. The van der Waals surface area contributed by atoms with E-state index < -0.39 is 16.6 Å². The number of nitrogens with one attached hydrogen (secondary N) is 2. The Morgan fingerprint density at radius 1 is 1.08 bits per heavy atom. The van der Waals surface area contributed by atoms with Crippen LogP contribution in [0.1, 0.15) is 45.0 Å². The molecule has 0 bridgehead atoms. The van der Waals surface area contributed by atoms with Crippen molar-refractivity contribution < 1.29 is 19.2 Å². The van der Waals surface area contributed by atoms with Gasteiger partial charge in [-0.15, -0.1) is 0 Å². The maximum Gasteiger partial charge on any atom is 0.407 e. The van der Waals surface area contributed by atoms with Crippen LogP contribution < -0.4 is 10.6 Å². The van der Waals surface area contributed by atoms with Crippen molar-refractivity contribution in [2.75, 3.05) is 13.1 Å². The molecule has 8 nitrogen and oxygen atoms in total. The van der Waals surface area contributed by atoms with Crippen molar-refractivity contribution in [1.29, 1.82) is 0 Å². The number of hydrogen-bond donors (Lipinski definition) is 2. The van der Waals surface area contributed by atoms with Crippen molar-refractivity contribution in [3.63, 3.8) is 0 Å². The first kappa shape index (κ1) is 21.4. The Bertz CT molecular complexity index is 550. The zero-order valence-corrected chi connectivity index (χ0v) is 14.7. The minimum atomic E-state index is -0.577. The molecule has 0 aliphatic rings. The molecule has 1 rings (SSSR count). The van der Waals surface area contributed by atoms with Crippen LogP contribution >= 0.6 is 0 Å². The Balaban J connectivity index is 0.00000254. The summed E-state index contributed by atoms with van der Waals surface area (Å²) in [5.41, 5.74) is -0.350. The Kier molecular flexibility index (Phi) is 9.07. The van der Waals surface area contributed by atoms with Gasteiger partial charge in [0.15, 0.2) is 0 Å². The number of carbonyl (C=O) groups is 2. The molecule has 0 aliphatic heterocycles. The fourth-order valence-corrected chi connectivity index (χ4v) is 1.49. The standard InChI is InChI=1S/C14H19N3O5.C2H6/c1-14(2,3)22-13(19)16-9-8-15-12(18)10-4-6-11(7-5-10)17(20)21;1-2/h4-7H,8-9H2,1-3H3,(H,15,18)(H,16,19);1-2H3. The monoisotopic (exact) mass is 339 g/mol. The predicted octanol–water partition coefficient (Wildman–Crippen LogP) is 2.88. The smallest absolute Gasteiger partial charge is 0.407 e. The Morgan fingerprint density at radius 3 is 2.04 bits per heavy atom. The van der Waals surface area contributed by atoms with Crippen molar-refractivity contribution in [2.24, 2.45) is 0 Å². The number of nitro groups is 1. The third-order valence-electron chi connectivity index (χ3n) is 2.42. The second-order valence-electron chi connectivity index (χ2n) is 5.49. The number of nitro benzene ring substituents is 1. The lowest BCUT2D eigenvalue weighted by molar-refractivity contribution is -0.384. The minimum absolute atomic E-state index is 0.0804. The molecular formula is C16H25N3O5. The molecular weight excluding hydrogens is 314 g/mol. The highest BCUT2D eigenvalue weighted by Gasteiger charge is 2.15. The molecule has 0 aromatic heterocycles. The van der Waals surface area contributed by atoms with Crippen LogP contribution in [0.25, 0.3) is 0 Å². The van der Waals surface area contributed by atoms with Gasteiger partial charge in [0.25, 0.3) is 11.6 Å². The van der Waals surface area contributed by atoms with Gasteiger partial charge in [0.2, 0.25) is 0 Å². The van der Waals surface area contributed by atoms with Gasteiger partial charge in [-0.25, -0.2) is 4.79 Å². The number of benzene rings is 1. The summed E-state index contributed by atoms with van der Waals surface area (Å²) >= 11 is 0. The molecule has 0 atom stereocenters. The number of ether oxygens (including phenoxy) is 1. The topological polar surface area (TPSA) is 111 Å². The lowest BCUT2D eigenvalue weighted by atomic mass is 10.2. The predicted molar refractivity (Wildman–Crippen MR) is 91.0 cm³/mol. The Labute approximate surface area is 141 Å². The van der Waals surface area contributed by atoms with Crippen LogP contribution in [0.3, 0.4) is 0 Å². The van der Waals surface area contributed by atoms with Gasteiger partial charge in [-0.2, -0.15) is 0 Å². The first-order valence-corrected chi connectivity index (χ1v) is 7.68. The molecule has 2 amide bonds. The summed E-state index contributed by atoms with van der Waals surface area (Å²) in [6.45, 7) is 9.69. The van der Waals surface area contributed by atoms with Gasteiger partial charge in [-0.3, -0.25) is 14.9 Å². The van der Waals surface area contributed by atoms with E-state index in [4.69, 9.17) is 4.74 Å². The zero-order chi connectivity index (χ0) is 18.8. The molecule has 1 aromatic carbocycles. The SMILES string of the molecule is CC.CC(C)(C)OC(=O)NCCNC(=O)c1ccc([N+](=O)[O-])cc1. The van der Waals surface area contributed by atoms with Gasteiger partial charge >= 0.3 is 6.09 Å². The van der Waals surface area contributed by atoms with Gasteiger partial charge in [0.05, 0.1) is 4.92 Å². The minimum Gasteiger partial charge on any atom is -0.444 e. The molecule has 24 heavy (non-hydrogen) atoms. The fourth-order valence-electron chi connectivity index (χ4n) is 1.49. The van der Waals surface area contributed by atoms with Gasteiger partial charge in [-0.05, 0) is 32.9 Å². The van der Waals surface area contributed by atoms with Crippen LogP contribution in [-0.4, -0.2) is 35.6 Å². The Morgan fingerprint density at radius 2 is 1.58 bits per heavy atom. The van der Waals surface area contributed by atoms with E-state index in [1.54, 1.807) is 20.8 Å². The molecule has 0 saturated carbocycles. The highest BCUT2D eigenvalue weighted by Crippen LogP contribution is 2.11. The van der Waals surface area contributed by atoms with Crippen LogP contribution in [0.2, 0.25) is 0 Å². The Hall–Kier alpha value is -2.64. The van der Waals surface area contributed by atoms with Crippen LogP contribution in [0.15, 0.2) is 24.3 Å². The maximum absolute atomic E-state index is 11.8. The van der Waals surface area contributed by atoms with E-state index in [0.29, 0.717) is 5.56 Å². The highest BCUT2D eigenvalue weighted by molar-refractivity contribution is 5.94. The average molecular weight is 339 g/mol. The summed E-state index contributed by atoms with van der Waals surface area (Å²) < 4.78 is 5.04. The lowest BCUT2D eigenvalue weighted by Gasteiger charge is -2.19. The zero-order valence-electron chi connectivity index (χ0n) is 14.7. The summed E-state index contributed by atoms with van der Waals surface area (Å²) in [7, 11) is 0. The number of carbonyl (C=O) groups excluding carboxylic acids is 2. The molecule has 0 heterocycles. The molecule has 1 aromatic rings. The van der Waals surface area contributed by atoms with E-state index >= 15 is 0 Å². The molecule has 8 heteroatoms. The van der Waals surface area contributed by atoms with E-state index in [2.05, 4.69) is 10.6 Å². The summed E-state index contributed by atoms with van der Waals surface area (Å²) in [5, 5.41) is 15.6. The van der Waals surface area contributed by atoms with Gasteiger partial charge in [0, 0.05) is 30.8 Å². The molecule has 0 aliphatic carbocycles. The van der Waals surface area contributed by atoms with Crippen molar-refractivity contribution >= 4 is 17.7 Å². The highest BCUT2D eigenvalue weighted by atomic mass is 16.6. The van der Waals surface area contributed by atoms with E-state index in [1.165, 1.54) is 24.3 Å². The normalized spacial score (nSPS) is 10.0. The van der Waals surface area contributed by atoms with Crippen molar-refractivity contribution in [2.45, 2.75) is 40.2 Å². The molecule has 0 radical (unpaired) electrons. The largest absolute Gasteiger partial charge is 0.444 e. The molecule has 0 saturated heterocycles. The van der Waals surface area contributed by atoms with Crippen LogP contribution in [0, 0.1) is 10.1 Å². The number of amides is 2. The van der Waals surface area contributed by atoms with Crippen LogP contribution in [0.5, 0.6) is 0 Å². The van der Waals surface area contributed by atoms with Gasteiger partial charge < -0.3 is 15.4 Å². The van der Waals surface area contributed by atoms with Crippen LogP contribution in [-0.2, 0) is 4.74 Å². The summed E-state index contributed by atoms with van der Waals surface area (Å²) in [4.78, 5) is 33.1. The second kappa shape index (κ2) is 10.2. The van der Waals surface area contributed by atoms with Gasteiger partial charge in [0.1, 0.15) is 5.60 Å². The first-order valence-electron chi connectivity index (χ1n) is 7.68. The molecule has 0 spiro atoms. The molecule has 0 unspecified atom stereocenters. The van der Waals surface area contributed by atoms with Crippen molar-refractivity contribution in [3.05, 3.63) is 39.9 Å². The number of hydrogen-bond acceptors (Lipinski definition) is 5. The lowest BCUT2D eigenvalue weighted by Crippen LogP contribution is -2.37. The maximum atomic E-state index is 11.8. The summed E-state index contributed by atoms with van der Waals surface area (Å²) in [6, 6.07) is 5.26. The van der Waals surface area contributed by atoms with Crippen molar-refractivity contribution in [1.82, 2.24) is 10.6 Å². The van der Waals surface area contributed by atoms with E-state index in [9.17, 15) is 19.7 Å². The quantitative estimate of drug-likeness (QED) is 0.487. The third-order valence-corrected chi connectivity index (χ3v) is 2.42. The second-order valence-corrected chi connectivity index (χ2v) is 5.49. The molecule has 2 N–H and O–H groups in total. The molecule has 0 fully saturated rings. The number of alkyl carbamates (subject to hydrolysis) is 1. The number of non-ortho nitro benzene ring substituents is 1. The van der Waals surface area contributed by atoms with E-state index in [-0.39, 0.29) is 24.7 Å². The number of rotatable bonds is 5. The van der Waals surface area contributed by atoms with Gasteiger partial charge in [-0.1, -0.05) is 13.8 Å². The van der Waals surface area contributed by atoms with Crippen LogP contribution in [0.4, 0.5) is 10.5 Å².